The number of nitrogens with zero attached hydrogens (tertiary/aromatic N) is 3. The van der Waals surface area contributed by atoms with Gasteiger partial charge in [-0.3, -0.25) is 0 Å². The highest BCUT2D eigenvalue weighted by molar-refractivity contribution is 5.77. The van der Waals surface area contributed by atoms with Gasteiger partial charge in [0.2, 0.25) is 11.8 Å². The van der Waals surface area contributed by atoms with E-state index in [1.54, 1.807) is 0 Å². The Bertz CT molecular complexity index is 629. The van der Waals surface area contributed by atoms with Gasteiger partial charge in [0, 0.05) is 19.1 Å². The second-order valence-corrected chi connectivity index (χ2v) is 5.04. The van der Waals surface area contributed by atoms with Gasteiger partial charge in [-0.05, 0) is 18.3 Å². The molecule has 1 aliphatic rings. The fourth-order valence-electron chi connectivity index (χ4n) is 2.84. The van der Waals surface area contributed by atoms with Crippen molar-refractivity contribution in [3.63, 3.8) is 0 Å². The van der Waals surface area contributed by atoms with Crippen LogP contribution in [0.2, 0.25) is 0 Å². The summed E-state index contributed by atoms with van der Waals surface area (Å²) >= 11 is 0. The van der Waals surface area contributed by atoms with Gasteiger partial charge < -0.3 is 25.7 Å². The summed E-state index contributed by atoms with van der Waals surface area (Å²) in [6.07, 6.45) is 0.784. The Balaban J connectivity index is 1.98. The minimum Gasteiger partial charge on any atom is -0.479 e. The van der Waals surface area contributed by atoms with Gasteiger partial charge in [0.25, 0.3) is 0 Å². The number of nitrogens with two attached hydrogens (primary N) is 1. The number of aliphatic hydroxyl groups is 2. The Hall–Kier alpha value is -1.93. The molecule has 0 saturated heterocycles. The molecule has 1 fully saturated rings. The third-order valence-corrected chi connectivity index (χ3v) is 4.02. The number of H-pyrrole nitrogens is 1. The SMILES string of the molecule is COc1nc(N)nc2nc([C@@H]3C[C@H](CO)[C@H]3CO)[nH]c12. The maximum atomic E-state index is 9.41. The molecule has 2 aromatic heterocycles. The minimum atomic E-state index is 0.0110. The maximum absolute atomic E-state index is 9.41. The van der Waals surface area contributed by atoms with Crippen LogP contribution in [0, 0.1) is 11.8 Å². The number of aromatic amines is 1. The van der Waals surface area contributed by atoms with E-state index in [-0.39, 0.29) is 36.9 Å². The van der Waals surface area contributed by atoms with Crippen LogP contribution in [-0.2, 0) is 0 Å². The van der Waals surface area contributed by atoms with E-state index < -0.39 is 0 Å². The summed E-state index contributed by atoms with van der Waals surface area (Å²) in [7, 11) is 1.50. The molecule has 1 saturated carbocycles. The van der Waals surface area contributed by atoms with Crippen molar-refractivity contribution in [3.8, 4) is 5.88 Å². The molecule has 1 aliphatic carbocycles. The predicted molar refractivity (Wildman–Crippen MR) is 71.2 cm³/mol. The molecule has 0 aromatic carbocycles. The number of ether oxygens (including phenoxy) is 1. The van der Waals surface area contributed by atoms with Crippen molar-refractivity contribution < 1.29 is 14.9 Å². The first-order chi connectivity index (χ1) is 9.67. The summed E-state index contributed by atoms with van der Waals surface area (Å²) in [5.74, 6) is 1.39. The van der Waals surface area contributed by atoms with Crippen LogP contribution in [0.5, 0.6) is 5.88 Å². The number of aliphatic hydroxyl groups excluding tert-OH is 2. The number of aromatic nitrogens is 4. The van der Waals surface area contributed by atoms with E-state index in [9.17, 15) is 10.2 Å². The van der Waals surface area contributed by atoms with E-state index in [1.165, 1.54) is 7.11 Å². The van der Waals surface area contributed by atoms with E-state index in [1.807, 2.05) is 0 Å². The van der Waals surface area contributed by atoms with Crippen molar-refractivity contribution in [1.29, 1.82) is 0 Å². The lowest BCUT2D eigenvalue weighted by molar-refractivity contribution is 0.0193. The van der Waals surface area contributed by atoms with Gasteiger partial charge in [-0.15, -0.1) is 0 Å². The van der Waals surface area contributed by atoms with Gasteiger partial charge in [-0.25, -0.2) is 4.98 Å². The standard InChI is InChI=1S/C12H17N5O3/c1-20-11-8-10(16-12(13)17-11)15-9(14-8)6-2-5(3-18)7(6)4-19/h5-7,18-19H,2-4H2,1H3,(H3,13,14,15,16,17)/t5-,6-,7-/m1/s1. The third kappa shape index (κ3) is 1.88. The number of nitrogens with one attached hydrogen (secondary N) is 1. The first kappa shape index (κ1) is 13.1. The number of methoxy groups -OCH3 is 1. The van der Waals surface area contributed by atoms with Crippen molar-refractivity contribution >= 4 is 17.1 Å². The summed E-state index contributed by atoms with van der Waals surface area (Å²) in [5.41, 5.74) is 6.65. The average molecular weight is 279 g/mol. The van der Waals surface area contributed by atoms with Crippen LogP contribution in [0.15, 0.2) is 0 Å². The quantitative estimate of drug-likeness (QED) is 0.601. The molecule has 8 nitrogen and oxygen atoms in total. The highest BCUT2D eigenvalue weighted by atomic mass is 16.5. The molecule has 0 aliphatic heterocycles. The van der Waals surface area contributed by atoms with Gasteiger partial charge in [0.15, 0.2) is 5.65 Å². The molecule has 0 radical (unpaired) electrons. The number of hydrogen-bond donors (Lipinski definition) is 4. The highest BCUT2D eigenvalue weighted by Gasteiger charge is 2.42. The lowest BCUT2D eigenvalue weighted by Crippen LogP contribution is -2.40. The molecule has 0 amide bonds. The number of rotatable bonds is 4. The number of fused-ring (bicyclic) bond motifs is 1. The second-order valence-electron chi connectivity index (χ2n) is 5.04. The van der Waals surface area contributed by atoms with Crippen molar-refractivity contribution in [2.45, 2.75) is 12.3 Å². The van der Waals surface area contributed by atoms with Crippen molar-refractivity contribution in [3.05, 3.63) is 5.82 Å². The summed E-state index contributed by atoms with van der Waals surface area (Å²) in [6, 6.07) is 0. The van der Waals surface area contributed by atoms with E-state index in [0.717, 1.165) is 12.2 Å². The lowest BCUT2D eigenvalue weighted by atomic mass is 9.65. The zero-order valence-electron chi connectivity index (χ0n) is 11.1. The van der Waals surface area contributed by atoms with Crippen LogP contribution in [0.25, 0.3) is 11.2 Å². The van der Waals surface area contributed by atoms with E-state index in [4.69, 9.17) is 10.5 Å². The smallest absolute Gasteiger partial charge is 0.244 e. The summed E-state index contributed by atoms with van der Waals surface area (Å²) in [6.45, 7) is 0.107. The minimum absolute atomic E-state index is 0.0110. The van der Waals surface area contributed by atoms with Crippen molar-refractivity contribution in [2.75, 3.05) is 26.1 Å². The molecule has 0 bridgehead atoms. The monoisotopic (exact) mass is 279 g/mol. The van der Waals surface area contributed by atoms with Crippen molar-refractivity contribution in [2.24, 2.45) is 11.8 Å². The Kier molecular flexibility index (Phi) is 3.19. The van der Waals surface area contributed by atoms with Crippen LogP contribution in [0.3, 0.4) is 0 Å². The molecule has 20 heavy (non-hydrogen) atoms. The first-order valence-electron chi connectivity index (χ1n) is 6.46. The topological polar surface area (TPSA) is 130 Å². The van der Waals surface area contributed by atoms with Gasteiger partial charge in [-0.2, -0.15) is 9.97 Å². The Morgan fingerprint density at radius 2 is 2.10 bits per heavy atom. The number of hydrogen-bond acceptors (Lipinski definition) is 7. The van der Waals surface area contributed by atoms with Crippen LogP contribution in [-0.4, -0.2) is 50.5 Å². The fraction of sp³-hybridized carbons (Fsp3) is 0.583. The Morgan fingerprint density at radius 1 is 1.30 bits per heavy atom. The Labute approximate surface area is 115 Å². The molecule has 108 valence electrons. The molecule has 0 spiro atoms. The molecule has 0 unspecified atom stereocenters. The van der Waals surface area contributed by atoms with Gasteiger partial charge in [0.1, 0.15) is 11.3 Å². The fourth-order valence-corrected chi connectivity index (χ4v) is 2.84. The van der Waals surface area contributed by atoms with E-state index >= 15 is 0 Å². The van der Waals surface area contributed by atoms with Gasteiger partial charge in [-0.1, -0.05) is 0 Å². The van der Waals surface area contributed by atoms with E-state index in [0.29, 0.717) is 17.0 Å². The van der Waals surface area contributed by atoms with Gasteiger partial charge >= 0.3 is 0 Å². The van der Waals surface area contributed by atoms with Gasteiger partial charge in [0.05, 0.1) is 7.11 Å². The predicted octanol–water partition coefficient (Wildman–Crippen LogP) is -0.352. The largest absolute Gasteiger partial charge is 0.479 e. The zero-order chi connectivity index (χ0) is 14.3. The Morgan fingerprint density at radius 3 is 2.75 bits per heavy atom. The highest BCUT2D eigenvalue weighted by Crippen LogP contribution is 2.46. The maximum Gasteiger partial charge on any atom is 0.244 e. The molecular weight excluding hydrogens is 262 g/mol. The van der Waals surface area contributed by atoms with Crippen LogP contribution in [0.4, 0.5) is 5.95 Å². The zero-order valence-corrected chi connectivity index (χ0v) is 11.1. The van der Waals surface area contributed by atoms with Crippen LogP contribution >= 0.6 is 0 Å². The summed E-state index contributed by atoms with van der Waals surface area (Å²) < 4.78 is 5.16. The van der Waals surface area contributed by atoms with Crippen LogP contribution < -0.4 is 10.5 Å². The van der Waals surface area contributed by atoms with E-state index in [2.05, 4.69) is 19.9 Å². The normalized spacial score (nSPS) is 25.6. The second kappa shape index (κ2) is 4.88. The number of imidazole rings is 1. The number of nitrogen functional groups attached to an aromatic ring is 1. The lowest BCUT2D eigenvalue weighted by Gasteiger charge is -2.41. The average Bonchev–Trinajstić information content (AvgIpc) is 2.80. The molecule has 3 atom stereocenters. The molecule has 8 heteroatoms. The van der Waals surface area contributed by atoms with Crippen LogP contribution in [0.1, 0.15) is 18.2 Å². The summed E-state index contributed by atoms with van der Waals surface area (Å²) in [4.78, 5) is 15.6. The molecule has 3 rings (SSSR count). The first-order valence-corrected chi connectivity index (χ1v) is 6.46. The number of anilines is 1. The molecular formula is C12H17N5O3. The third-order valence-electron chi connectivity index (χ3n) is 4.02. The summed E-state index contributed by atoms with van der Waals surface area (Å²) in [5, 5.41) is 18.6. The van der Waals surface area contributed by atoms with Crippen molar-refractivity contribution in [1.82, 2.24) is 19.9 Å². The molecule has 2 aromatic rings. The molecule has 2 heterocycles. The molecule has 5 N–H and O–H groups in total.